The first kappa shape index (κ1) is 13.1. The quantitative estimate of drug-likeness (QED) is 0.841. The fourth-order valence-corrected chi connectivity index (χ4v) is 2.97. The molecule has 0 saturated heterocycles. The molecule has 0 spiro atoms. The molecule has 18 heavy (non-hydrogen) atoms. The number of H-pyrrole nitrogens is 1. The summed E-state index contributed by atoms with van der Waals surface area (Å²) in [4.78, 5) is 15.5. The molecule has 2 rings (SSSR count). The van der Waals surface area contributed by atoms with Gasteiger partial charge in [-0.05, 0) is 18.3 Å². The molecule has 5 heteroatoms. The van der Waals surface area contributed by atoms with E-state index in [-0.39, 0.29) is 11.8 Å². The van der Waals surface area contributed by atoms with Gasteiger partial charge < -0.3 is 5.11 Å². The average molecular weight is 251 g/mol. The van der Waals surface area contributed by atoms with Crippen LogP contribution in [0.5, 0.6) is 0 Å². The van der Waals surface area contributed by atoms with Crippen LogP contribution < -0.4 is 0 Å². The number of rotatable bonds is 5. The Morgan fingerprint density at radius 3 is 2.67 bits per heavy atom. The Morgan fingerprint density at radius 2 is 2.11 bits per heavy atom. The van der Waals surface area contributed by atoms with Crippen molar-refractivity contribution in [3.05, 3.63) is 11.6 Å². The Balaban J connectivity index is 2.10. The highest BCUT2D eigenvalue weighted by atomic mass is 16.4. The zero-order valence-electron chi connectivity index (χ0n) is 10.9. The molecule has 100 valence electrons. The van der Waals surface area contributed by atoms with Gasteiger partial charge in [-0.2, -0.15) is 5.10 Å². The minimum Gasteiger partial charge on any atom is -0.481 e. The van der Waals surface area contributed by atoms with Crippen molar-refractivity contribution >= 4 is 5.97 Å². The van der Waals surface area contributed by atoms with E-state index in [1.54, 1.807) is 0 Å². The number of carboxylic acid groups (broad SMARTS) is 1. The first-order valence-corrected chi connectivity index (χ1v) is 6.75. The van der Waals surface area contributed by atoms with Crippen LogP contribution in [-0.2, 0) is 17.6 Å². The molecule has 1 saturated carbocycles. The number of nitrogens with zero attached hydrogens (tertiary/aromatic N) is 2. The maximum Gasteiger partial charge on any atom is 0.303 e. The number of aliphatic carboxylic acids is 1. The Bertz CT molecular complexity index is 408. The summed E-state index contributed by atoms with van der Waals surface area (Å²) in [6.07, 6.45) is 7.22. The molecular weight excluding hydrogens is 230 g/mol. The first-order valence-electron chi connectivity index (χ1n) is 6.75. The summed E-state index contributed by atoms with van der Waals surface area (Å²) in [6, 6.07) is 0. The van der Waals surface area contributed by atoms with Crippen LogP contribution in [0.4, 0.5) is 0 Å². The van der Waals surface area contributed by atoms with Gasteiger partial charge in [-0.3, -0.25) is 9.89 Å². The summed E-state index contributed by atoms with van der Waals surface area (Å²) in [5.74, 6) is 0.952. The summed E-state index contributed by atoms with van der Waals surface area (Å²) in [5.41, 5.74) is -0.116. The number of aromatic nitrogens is 3. The van der Waals surface area contributed by atoms with Gasteiger partial charge >= 0.3 is 5.97 Å². The van der Waals surface area contributed by atoms with E-state index in [0.29, 0.717) is 6.42 Å². The van der Waals surface area contributed by atoms with E-state index >= 15 is 0 Å². The number of hydrogen-bond acceptors (Lipinski definition) is 3. The molecule has 0 atom stereocenters. The van der Waals surface area contributed by atoms with Gasteiger partial charge in [-0.25, -0.2) is 4.98 Å². The van der Waals surface area contributed by atoms with Crippen LogP contribution in [0.25, 0.3) is 0 Å². The lowest BCUT2D eigenvalue weighted by Crippen LogP contribution is -2.30. The molecule has 1 fully saturated rings. The second kappa shape index (κ2) is 5.50. The van der Waals surface area contributed by atoms with Crippen LogP contribution in [0.1, 0.15) is 57.1 Å². The number of aryl methyl sites for hydroxylation is 1. The normalized spacial score (nSPS) is 18.7. The van der Waals surface area contributed by atoms with E-state index in [1.165, 1.54) is 6.42 Å². The van der Waals surface area contributed by atoms with E-state index in [2.05, 4.69) is 15.2 Å². The highest BCUT2D eigenvalue weighted by Gasteiger charge is 2.35. The third-order valence-electron chi connectivity index (χ3n) is 3.88. The molecule has 1 aliphatic carbocycles. The van der Waals surface area contributed by atoms with Crippen LogP contribution in [0, 0.1) is 5.41 Å². The zero-order valence-corrected chi connectivity index (χ0v) is 10.9. The van der Waals surface area contributed by atoms with Crippen LogP contribution in [0.2, 0.25) is 0 Å². The molecule has 0 aromatic carbocycles. The Kier molecular flexibility index (Phi) is 3.99. The molecule has 0 aliphatic heterocycles. The number of aromatic amines is 1. The van der Waals surface area contributed by atoms with E-state index in [0.717, 1.165) is 43.8 Å². The lowest BCUT2D eigenvalue weighted by atomic mass is 9.69. The van der Waals surface area contributed by atoms with E-state index in [9.17, 15) is 4.79 Å². The Hall–Kier alpha value is -1.39. The van der Waals surface area contributed by atoms with Gasteiger partial charge in [0.15, 0.2) is 0 Å². The van der Waals surface area contributed by atoms with Gasteiger partial charge in [0.25, 0.3) is 0 Å². The highest BCUT2D eigenvalue weighted by Crippen LogP contribution is 2.41. The van der Waals surface area contributed by atoms with E-state index in [4.69, 9.17) is 5.11 Å². The largest absolute Gasteiger partial charge is 0.481 e. The molecule has 5 nitrogen and oxygen atoms in total. The first-order chi connectivity index (χ1) is 8.63. The standard InChI is InChI=1S/C13H21N3O2/c1-2-10-14-11(16-15-10)8-13(9-12(17)18)6-4-3-5-7-13/h2-9H2,1H3,(H,17,18)(H,14,15,16). The second-order valence-electron chi connectivity index (χ2n) is 5.36. The molecule has 2 N–H and O–H groups in total. The highest BCUT2D eigenvalue weighted by molar-refractivity contribution is 5.67. The average Bonchev–Trinajstić information content (AvgIpc) is 2.76. The Labute approximate surface area is 107 Å². The van der Waals surface area contributed by atoms with Gasteiger partial charge in [-0.1, -0.05) is 26.2 Å². The zero-order chi connectivity index (χ0) is 13.0. The van der Waals surface area contributed by atoms with Gasteiger partial charge in [0.1, 0.15) is 11.6 Å². The molecule has 1 aromatic heterocycles. The van der Waals surface area contributed by atoms with Crippen molar-refractivity contribution in [2.24, 2.45) is 5.41 Å². The monoisotopic (exact) mass is 251 g/mol. The number of carbonyl (C=O) groups is 1. The van der Waals surface area contributed by atoms with Crippen LogP contribution in [-0.4, -0.2) is 26.3 Å². The maximum absolute atomic E-state index is 11.1. The SMILES string of the molecule is CCc1n[nH]c(CC2(CC(=O)O)CCCCC2)n1. The van der Waals surface area contributed by atoms with E-state index < -0.39 is 5.97 Å². The summed E-state index contributed by atoms with van der Waals surface area (Å²) >= 11 is 0. The van der Waals surface area contributed by atoms with Crippen LogP contribution >= 0.6 is 0 Å². The fraction of sp³-hybridized carbons (Fsp3) is 0.769. The predicted molar refractivity (Wildman–Crippen MR) is 67.2 cm³/mol. The van der Waals surface area contributed by atoms with Crippen LogP contribution in [0.3, 0.4) is 0 Å². The smallest absolute Gasteiger partial charge is 0.303 e. The van der Waals surface area contributed by atoms with Crippen molar-refractivity contribution in [1.29, 1.82) is 0 Å². The van der Waals surface area contributed by atoms with Crippen molar-refractivity contribution in [2.75, 3.05) is 0 Å². The molecule has 1 heterocycles. The lowest BCUT2D eigenvalue weighted by Gasteiger charge is -2.35. The molecule has 1 aromatic rings. The molecule has 0 radical (unpaired) electrons. The van der Waals surface area contributed by atoms with Gasteiger partial charge in [0.05, 0.1) is 6.42 Å². The maximum atomic E-state index is 11.1. The van der Waals surface area contributed by atoms with Crippen molar-refractivity contribution in [1.82, 2.24) is 15.2 Å². The number of nitrogens with one attached hydrogen (secondary N) is 1. The Morgan fingerprint density at radius 1 is 1.39 bits per heavy atom. The fourth-order valence-electron chi connectivity index (χ4n) is 2.97. The van der Waals surface area contributed by atoms with Crippen molar-refractivity contribution in [3.63, 3.8) is 0 Å². The second-order valence-corrected chi connectivity index (χ2v) is 5.36. The van der Waals surface area contributed by atoms with Crippen molar-refractivity contribution < 1.29 is 9.90 Å². The third-order valence-corrected chi connectivity index (χ3v) is 3.88. The topological polar surface area (TPSA) is 78.9 Å². The van der Waals surface area contributed by atoms with Crippen molar-refractivity contribution in [3.8, 4) is 0 Å². The molecular formula is C13H21N3O2. The minimum absolute atomic E-state index is 0.116. The summed E-state index contributed by atoms with van der Waals surface area (Å²) in [6.45, 7) is 2.01. The van der Waals surface area contributed by atoms with E-state index in [1.807, 2.05) is 6.92 Å². The molecule has 1 aliphatic rings. The van der Waals surface area contributed by atoms with Gasteiger partial charge in [0, 0.05) is 12.8 Å². The minimum atomic E-state index is -0.702. The van der Waals surface area contributed by atoms with Crippen molar-refractivity contribution in [2.45, 2.75) is 58.3 Å². The summed E-state index contributed by atoms with van der Waals surface area (Å²) in [7, 11) is 0. The third kappa shape index (κ3) is 3.09. The number of carboxylic acids is 1. The summed E-state index contributed by atoms with van der Waals surface area (Å²) < 4.78 is 0. The molecule has 0 bridgehead atoms. The molecule has 0 unspecified atom stereocenters. The predicted octanol–water partition coefficient (Wildman–Crippen LogP) is 2.33. The van der Waals surface area contributed by atoms with Gasteiger partial charge in [0.2, 0.25) is 0 Å². The number of hydrogen-bond donors (Lipinski definition) is 2. The van der Waals surface area contributed by atoms with Gasteiger partial charge in [-0.15, -0.1) is 0 Å². The summed E-state index contributed by atoms with van der Waals surface area (Å²) in [5, 5.41) is 16.2. The molecule has 0 amide bonds. The lowest BCUT2D eigenvalue weighted by molar-refractivity contribution is -0.140. The van der Waals surface area contributed by atoms with Crippen LogP contribution in [0.15, 0.2) is 0 Å².